The van der Waals surface area contributed by atoms with Gasteiger partial charge < -0.3 is 15.7 Å². The van der Waals surface area contributed by atoms with E-state index in [0.29, 0.717) is 0 Å². The van der Waals surface area contributed by atoms with Gasteiger partial charge in [0.25, 0.3) is 0 Å². The molecule has 0 fully saturated rings. The van der Waals surface area contributed by atoms with Gasteiger partial charge in [-0.2, -0.15) is 0 Å². The van der Waals surface area contributed by atoms with Crippen molar-refractivity contribution in [1.29, 1.82) is 0 Å². The number of ketones is 1. The second-order valence-corrected chi connectivity index (χ2v) is 5.33. The molecule has 4 heteroatoms. The van der Waals surface area contributed by atoms with Gasteiger partial charge in [-0.15, -0.1) is 0 Å². The summed E-state index contributed by atoms with van der Waals surface area (Å²) in [7, 11) is 0. The third-order valence-corrected chi connectivity index (χ3v) is 3.97. The highest BCUT2D eigenvalue weighted by Gasteiger charge is 2.22. The van der Waals surface area contributed by atoms with Gasteiger partial charge in [-0.1, -0.05) is 13.8 Å². The van der Waals surface area contributed by atoms with E-state index in [1.807, 2.05) is 32.0 Å². The molecular formula is C16H24N2O2. The maximum absolute atomic E-state index is 12.6. The summed E-state index contributed by atoms with van der Waals surface area (Å²) in [4.78, 5) is 12.6. The van der Waals surface area contributed by atoms with Crippen LogP contribution < -0.4 is 10.6 Å². The summed E-state index contributed by atoms with van der Waals surface area (Å²) >= 11 is 0. The number of aliphatic hydroxyl groups excluding tert-OH is 1. The molecule has 0 bridgehead atoms. The lowest BCUT2D eigenvalue weighted by molar-refractivity contribution is 0.0923. The van der Waals surface area contributed by atoms with Gasteiger partial charge in [0.2, 0.25) is 0 Å². The normalized spacial score (nSPS) is 16.4. The van der Waals surface area contributed by atoms with E-state index in [2.05, 4.69) is 10.6 Å². The van der Waals surface area contributed by atoms with E-state index in [4.69, 9.17) is 0 Å². The maximum Gasteiger partial charge on any atom is 0.179 e. The summed E-state index contributed by atoms with van der Waals surface area (Å²) < 4.78 is 0. The Morgan fingerprint density at radius 2 is 2.20 bits per heavy atom. The van der Waals surface area contributed by atoms with E-state index in [9.17, 15) is 9.90 Å². The maximum atomic E-state index is 12.6. The van der Waals surface area contributed by atoms with Crippen molar-refractivity contribution < 1.29 is 9.90 Å². The zero-order valence-corrected chi connectivity index (χ0v) is 12.3. The van der Waals surface area contributed by atoms with Gasteiger partial charge >= 0.3 is 0 Å². The van der Waals surface area contributed by atoms with Crippen LogP contribution in [0.25, 0.3) is 0 Å². The molecule has 1 aromatic rings. The van der Waals surface area contributed by atoms with E-state index >= 15 is 0 Å². The fraction of sp³-hybridized carbons (Fsp3) is 0.562. The zero-order valence-electron chi connectivity index (χ0n) is 12.3. The number of carbonyl (C=O) groups is 1. The standard InChI is InChI=1S/C16H24N2O2/c1-3-13(10-19)18-14(4-2)16(20)12-5-6-15-11(9-12)7-8-17-15/h5-6,9,13-14,17-19H,3-4,7-8,10H2,1-2H3. The van der Waals surface area contributed by atoms with Crippen molar-refractivity contribution in [2.45, 2.75) is 45.2 Å². The van der Waals surface area contributed by atoms with Gasteiger partial charge in [-0.05, 0) is 43.0 Å². The molecule has 0 aromatic heterocycles. The highest BCUT2D eigenvalue weighted by molar-refractivity contribution is 6.00. The Bertz CT molecular complexity index is 470. The Balaban J connectivity index is 2.12. The molecular weight excluding hydrogens is 252 g/mol. The van der Waals surface area contributed by atoms with Gasteiger partial charge in [0.1, 0.15) is 0 Å². The number of fused-ring (bicyclic) bond motifs is 1. The second-order valence-electron chi connectivity index (χ2n) is 5.33. The molecule has 0 amide bonds. The van der Waals surface area contributed by atoms with Gasteiger partial charge in [0.15, 0.2) is 5.78 Å². The minimum absolute atomic E-state index is 0.0139. The Labute approximate surface area is 120 Å². The van der Waals surface area contributed by atoms with E-state index in [0.717, 1.165) is 37.1 Å². The molecule has 0 aliphatic carbocycles. The Hall–Kier alpha value is -1.39. The second kappa shape index (κ2) is 6.86. The quantitative estimate of drug-likeness (QED) is 0.666. The minimum atomic E-state index is -0.223. The average molecular weight is 276 g/mol. The predicted molar refractivity (Wildman–Crippen MR) is 81.3 cm³/mol. The van der Waals surface area contributed by atoms with Crippen LogP contribution in [-0.2, 0) is 6.42 Å². The number of nitrogens with one attached hydrogen (secondary N) is 2. The van der Waals surface area contributed by atoms with Crippen LogP contribution in [0.2, 0.25) is 0 Å². The van der Waals surface area contributed by atoms with Crippen molar-refractivity contribution in [2.24, 2.45) is 0 Å². The lowest BCUT2D eigenvalue weighted by atomic mass is 9.98. The summed E-state index contributed by atoms with van der Waals surface area (Å²) in [6.45, 7) is 5.01. The summed E-state index contributed by atoms with van der Waals surface area (Å²) in [5, 5.41) is 15.8. The van der Waals surface area contributed by atoms with Crippen molar-refractivity contribution in [3.63, 3.8) is 0 Å². The number of hydrogen-bond donors (Lipinski definition) is 3. The molecule has 1 aliphatic heterocycles. The molecule has 3 N–H and O–H groups in total. The van der Waals surface area contributed by atoms with Crippen LogP contribution in [0.1, 0.15) is 42.6 Å². The van der Waals surface area contributed by atoms with Crippen molar-refractivity contribution in [2.75, 3.05) is 18.5 Å². The van der Waals surface area contributed by atoms with Crippen molar-refractivity contribution in [3.05, 3.63) is 29.3 Å². The van der Waals surface area contributed by atoms with Gasteiger partial charge in [0, 0.05) is 23.8 Å². The summed E-state index contributed by atoms with van der Waals surface area (Å²) in [5.74, 6) is 0.120. The van der Waals surface area contributed by atoms with Crippen LogP contribution in [0.4, 0.5) is 5.69 Å². The van der Waals surface area contributed by atoms with Crippen molar-refractivity contribution in [3.8, 4) is 0 Å². The van der Waals surface area contributed by atoms with Crippen LogP contribution in [0.5, 0.6) is 0 Å². The third kappa shape index (κ3) is 3.19. The van der Waals surface area contributed by atoms with Crippen molar-refractivity contribution in [1.82, 2.24) is 5.32 Å². The van der Waals surface area contributed by atoms with Crippen LogP contribution in [0.15, 0.2) is 18.2 Å². The van der Waals surface area contributed by atoms with E-state index in [-0.39, 0.29) is 24.5 Å². The molecule has 2 atom stereocenters. The highest BCUT2D eigenvalue weighted by Crippen LogP contribution is 2.23. The van der Waals surface area contributed by atoms with E-state index in [1.165, 1.54) is 5.56 Å². The molecule has 110 valence electrons. The van der Waals surface area contributed by atoms with Crippen LogP contribution in [0.3, 0.4) is 0 Å². The number of aliphatic hydroxyl groups is 1. The molecule has 0 radical (unpaired) electrons. The van der Waals surface area contributed by atoms with Crippen LogP contribution >= 0.6 is 0 Å². The Morgan fingerprint density at radius 1 is 1.40 bits per heavy atom. The highest BCUT2D eigenvalue weighted by atomic mass is 16.3. The summed E-state index contributed by atoms with van der Waals surface area (Å²) in [6, 6.07) is 5.65. The number of hydrogen-bond acceptors (Lipinski definition) is 4. The molecule has 2 unspecified atom stereocenters. The largest absolute Gasteiger partial charge is 0.395 e. The van der Waals surface area contributed by atoms with Crippen LogP contribution in [0, 0.1) is 0 Å². The monoisotopic (exact) mass is 276 g/mol. The number of carbonyl (C=O) groups excluding carboxylic acids is 1. The summed E-state index contributed by atoms with van der Waals surface area (Å²) in [5.41, 5.74) is 3.13. The molecule has 0 saturated carbocycles. The number of Topliss-reactive ketones (excluding diaryl/α,β-unsaturated/α-hetero) is 1. The third-order valence-electron chi connectivity index (χ3n) is 3.97. The number of benzene rings is 1. The fourth-order valence-electron chi connectivity index (χ4n) is 2.62. The fourth-order valence-corrected chi connectivity index (χ4v) is 2.62. The van der Waals surface area contributed by atoms with Gasteiger partial charge in [0.05, 0.1) is 12.6 Å². The predicted octanol–water partition coefficient (Wildman–Crippen LogP) is 1.98. The van der Waals surface area contributed by atoms with E-state index in [1.54, 1.807) is 0 Å². The average Bonchev–Trinajstić information content (AvgIpc) is 2.95. The lowest BCUT2D eigenvalue weighted by Gasteiger charge is -2.22. The van der Waals surface area contributed by atoms with Crippen LogP contribution in [-0.4, -0.2) is 36.1 Å². The lowest BCUT2D eigenvalue weighted by Crippen LogP contribution is -2.44. The molecule has 2 rings (SSSR count). The molecule has 20 heavy (non-hydrogen) atoms. The van der Waals surface area contributed by atoms with Gasteiger partial charge in [-0.25, -0.2) is 0 Å². The molecule has 0 saturated heterocycles. The molecule has 1 aliphatic rings. The van der Waals surface area contributed by atoms with Gasteiger partial charge in [-0.3, -0.25) is 4.79 Å². The molecule has 0 spiro atoms. The number of rotatable bonds is 7. The first-order valence-corrected chi connectivity index (χ1v) is 7.47. The first kappa shape index (κ1) is 15.0. The minimum Gasteiger partial charge on any atom is -0.395 e. The number of anilines is 1. The first-order valence-electron chi connectivity index (χ1n) is 7.47. The molecule has 1 heterocycles. The first-order chi connectivity index (χ1) is 9.69. The topological polar surface area (TPSA) is 61.4 Å². The Kier molecular flexibility index (Phi) is 5.15. The SMILES string of the molecule is CCC(CO)NC(CC)C(=O)c1ccc2c(c1)CCN2. The van der Waals surface area contributed by atoms with E-state index < -0.39 is 0 Å². The molecule has 4 nitrogen and oxygen atoms in total. The van der Waals surface area contributed by atoms with Crippen molar-refractivity contribution >= 4 is 11.5 Å². The Morgan fingerprint density at radius 3 is 2.85 bits per heavy atom. The zero-order chi connectivity index (χ0) is 14.5. The molecule has 1 aromatic carbocycles. The smallest absolute Gasteiger partial charge is 0.179 e. The summed E-state index contributed by atoms with van der Waals surface area (Å²) in [6.07, 6.45) is 2.52.